The summed E-state index contributed by atoms with van der Waals surface area (Å²) >= 11 is 0. The molecular formula is C14H19FN2O. The summed E-state index contributed by atoms with van der Waals surface area (Å²) in [6.45, 7) is 2.08. The largest absolute Gasteiger partial charge is 0.314 e. The second-order valence-corrected chi connectivity index (χ2v) is 4.93. The number of piperidine rings is 1. The van der Waals surface area contributed by atoms with Gasteiger partial charge in [-0.2, -0.15) is 0 Å². The van der Waals surface area contributed by atoms with Gasteiger partial charge in [0.25, 0.3) is 0 Å². The Labute approximate surface area is 107 Å². The van der Waals surface area contributed by atoms with E-state index in [2.05, 4.69) is 12.2 Å². The Morgan fingerprint density at radius 2 is 2.22 bits per heavy atom. The molecule has 0 aliphatic carbocycles. The second-order valence-electron chi connectivity index (χ2n) is 4.93. The highest BCUT2D eigenvalue weighted by Crippen LogP contribution is 2.18. The Bertz CT molecular complexity index is 436. The van der Waals surface area contributed by atoms with Gasteiger partial charge in [-0.15, -0.1) is 0 Å². The van der Waals surface area contributed by atoms with Crippen molar-refractivity contribution in [3.63, 3.8) is 0 Å². The van der Waals surface area contributed by atoms with Gasteiger partial charge in [-0.3, -0.25) is 4.79 Å². The lowest BCUT2D eigenvalue weighted by atomic mass is 9.98. The molecule has 1 aliphatic rings. The van der Waals surface area contributed by atoms with Crippen LogP contribution in [0.4, 0.5) is 10.1 Å². The summed E-state index contributed by atoms with van der Waals surface area (Å²) in [7, 11) is 1.69. The van der Waals surface area contributed by atoms with E-state index in [1.54, 1.807) is 19.2 Å². The van der Waals surface area contributed by atoms with Gasteiger partial charge in [0.05, 0.1) is 6.04 Å². The van der Waals surface area contributed by atoms with Crippen LogP contribution in [-0.4, -0.2) is 25.0 Å². The molecule has 1 aromatic carbocycles. The van der Waals surface area contributed by atoms with Crippen molar-refractivity contribution in [1.29, 1.82) is 0 Å². The number of rotatable bonds is 2. The highest BCUT2D eigenvalue weighted by Gasteiger charge is 2.27. The zero-order valence-electron chi connectivity index (χ0n) is 10.8. The van der Waals surface area contributed by atoms with Gasteiger partial charge in [-0.05, 0) is 44.4 Å². The molecule has 2 unspecified atom stereocenters. The van der Waals surface area contributed by atoms with E-state index in [1.165, 1.54) is 17.0 Å². The van der Waals surface area contributed by atoms with E-state index in [1.807, 2.05) is 0 Å². The van der Waals surface area contributed by atoms with Gasteiger partial charge in [0.15, 0.2) is 0 Å². The third-order valence-electron chi connectivity index (χ3n) is 3.44. The first kappa shape index (κ1) is 13.0. The Morgan fingerprint density at radius 3 is 2.89 bits per heavy atom. The molecule has 18 heavy (non-hydrogen) atoms. The third-order valence-corrected chi connectivity index (χ3v) is 3.44. The number of hydrogen-bond acceptors (Lipinski definition) is 2. The Kier molecular flexibility index (Phi) is 3.97. The van der Waals surface area contributed by atoms with E-state index in [-0.39, 0.29) is 17.8 Å². The summed E-state index contributed by atoms with van der Waals surface area (Å²) in [5.41, 5.74) is 0.597. The maximum absolute atomic E-state index is 13.1. The van der Waals surface area contributed by atoms with E-state index in [0.29, 0.717) is 11.7 Å². The van der Waals surface area contributed by atoms with Crippen LogP contribution < -0.4 is 10.2 Å². The number of hydrogen-bond donors (Lipinski definition) is 1. The molecule has 2 atom stereocenters. The smallest absolute Gasteiger partial charge is 0.243 e. The lowest BCUT2D eigenvalue weighted by Crippen LogP contribution is -2.50. The fourth-order valence-corrected chi connectivity index (χ4v) is 2.38. The van der Waals surface area contributed by atoms with E-state index >= 15 is 0 Å². The molecule has 1 saturated heterocycles. The third kappa shape index (κ3) is 2.88. The van der Waals surface area contributed by atoms with Crippen molar-refractivity contribution >= 4 is 11.6 Å². The predicted octanol–water partition coefficient (Wildman–Crippen LogP) is 2.32. The maximum atomic E-state index is 13.1. The average molecular weight is 250 g/mol. The number of amides is 1. The molecule has 1 heterocycles. The topological polar surface area (TPSA) is 32.3 Å². The zero-order chi connectivity index (χ0) is 13.1. The summed E-state index contributed by atoms with van der Waals surface area (Å²) in [6, 6.07) is 6.33. The summed E-state index contributed by atoms with van der Waals surface area (Å²) < 4.78 is 13.1. The van der Waals surface area contributed by atoms with Crippen LogP contribution in [0.25, 0.3) is 0 Å². The number of nitrogens with one attached hydrogen (secondary N) is 1. The monoisotopic (exact) mass is 250 g/mol. The van der Waals surface area contributed by atoms with Crippen LogP contribution in [0.3, 0.4) is 0 Å². The number of carbonyl (C=O) groups excluding carboxylic acids is 1. The number of halogens is 1. The van der Waals surface area contributed by atoms with Crippen LogP contribution in [0.5, 0.6) is 0 Å². The Balaban J connectivity index is 2.08. The van der Waals surface area contributed by atoms with Crippen molar-refractivity contribution in [2.45, 2.75) is 38.3 Å². The van der Waals surface area contributed by atoms with Gasteiger partial charge in [-0.25, -0.2) is 4.39 Å². The van der Waals surface area contributed by atoms with Gasteiger partial charge in [0.1, 0.15) is 5.82 Å². The average Bonchev–Trinajstić information content (AvgIpc) is 2.37. The predicted molar refractivity (Wildman–Crippen MR) is 70.0 cm³/mol. The van der Waals surface area contributed by atoms with Crippen molar-refractivity contribution in [2.24, 2.45) is 0 Å². The summed E-state index contributed by atoms with van der Waals surface area (Å²) in [5.74, 6) is -0.315. The van der Waals surface area contributed by atoms with Gasteiger partial charge in [-0.1, -0.05) is 6.07 Å². The van der Waals surface area contributed by atoms with Gasteiger partial charge < -0.3 is 10.2 Å². The zero-order valence-corrected chi connectivity index (χ0v) is 10.8. The van der Waals surface area contributed by atoms with E-state index in [0.717, 1.165) is 19.3 Å². The molecule has 1 aromatic rings. The molecule has 0 bridgehead atoms. The molecule has 4 heteroatoms. The van der Waals surface area contributed by atoms with Crippen molar-refractivity contribution in [1.82, 2.24) is 5.32 Å². The molecule has 98 valence electrons. The molecule has 0 aromatic heterocycles. The molecule has 1 aliphatic heterocycles. The minimum Gasteiger partial charge on any atom is -0.314 e. The molecule has 1 amide bonds. The van der Waals surface area contributed by atoms with Gasteiger partial charge in [0, 0.05) is 18.8 Å². The molecule has 0 saturated carbocycles. The molecule has 3 nitrogen and oxygen atoms in total. The number of likely N-dealkylation sites (N-methyl/N-ethyl adjacent to an activating group) is 1. The fourth-order valence-electron chi connectivity index (χ4n) is 2.38. The first-order chi connectivity index (χ1) is 8.58. The van der Waals surface area contributed by atoms with Crippen LogP contribution in [0.15, 0.2) is 24.3 Å². The standard InChI is InChI=1S/C14H19FN2O/c1-10-5-3-8-13(16-10)14(18)17(2)12-7-4-6-11(15)9-12/h4,6-7,9-10,13,16H,3,5,8H2,1-2H3. The van der Waals surface area contributed by atoms with Crippen LogP contribution in [-0.2, 0) is 4.79 Å². The minimum absolute atomic E-state index is 0.00662. The van der Waals surface area contributed by atoms with Crippen molar-refractivity contribution in [2.75, 3.05) is 11.9 Å². The maximum Gasteiger partial charge on any atom is 0.243 e. The van der Waals surface area contributed by atoms with Crippen molar-refractivity contribution in [3.05, 3.63) is 30.1 Å². The summed E-state index contributed by atoms with van der Waals surface area (Å²) in [4.78, 5) is 13.8. The van der Waals surface area contributed by atoms with Crippen molar-refractivity contribution < 1.29 is 9.18 Å². The highest BCUT2D eigenvalue weighted by atomic mass is 19.1. The van der Waals surface area contributed by atoms with Gasteiger partial charge in [0.2, 0.25) is 5.91 Å². The number of nitrogens with zero attached hydrogens (tertiary/aromatic N) is 1. The number of anilines is 1. The quantitative estimate of drug-likeness (QED) is 0.873. The first-order valence-corrected chi connectivity index (χ1v) is 6.37. The van der Waals surface area contributed by atoms with E-state index in [9.17, 15) is 9.18 Å². The first-order valence-electron chi connectivity index (χ1n) is 6.37. The molecule has 1 N–H and O–H groups in total. The summed E-state index contributed by atoms with van der Waals surface area (Å²) in [6.07, 6.45) is 3.01. The van der Waals surface area contributed by atoms with Crippen LogP contribution >= 0.6 is 0 Å². The van der Waals surface area contributed by atoms with Crippen LogP contribution in [0.1, 0.15) is 26.2 Å². The highest BCUT2D eigenvalue weighted by molar-refractivity contribution is 5.96. The minimum atomic E-state index is -0.322. The fraction of sp³-hybridized carbons (Fsp3) is 0.500. The lowest BCUT2D eigenvalue weighted by Gasteiger charge is -2.31. The number of benzene rings is 1. The van der Waals surface area contributed by atoms with Crippen LogP contribution in [0, 0.1) is 5.82 Å². The van der Waals surface area contributed by atoms with Gasteiger partial charge >= 0.3 is 0 Å². The molecule has 2 rings (SSSR count). The Hall–Kier alpha value is -1.42. The molecule has 1 fully saturated rings. The Morgan fingerprint density at radius 1 is 1.44 bits per heavy atom. The van der Waals surface area contributed by atoms with E-state index in [4.69, 9.17) is 0 Å². The van der Waals surface area contributed by atoms with Crippen LogP contribution in [0.2, 0.25) is 0 Å². The molecular weight excluding hydrogens is 231 g/mol. The number of carbonyl (C=O) groups is 1. The van der Waals surface area contributed by atoms with E-state index < -0.39 is 0 Å². The SMILES string of the molecule is CC1CCCC(C(=O)N(C)c2cccc(F)c2)N1. The molecule has 0 radical (unpaired) electrons. The molecule has 0 spiro atoms. The summed E-state index contributed by atoms with van der Waals surface area (Å²) in [5, 5.41) is 3.30. The van der Waals surface area contributed by atoms with Crippen molar-refractivity contribution in [3.8, 4) is 0 Å². The second kappa shape index (κ2) is 5.48. The lowest BCUT2D eigenvalue weighted by molar-refractivity contribution is -0.121. The normalized spacial score (nSPS) is 23.7.